The Morgan fingerprint density at radius 2 is 1.77 bits per heavy atom. The summed E-state index contributed by atoms with van der Waals surface area (Å²) in [6, 6.07) is 18.7. The molecule has 0 aliphatic rings. The van der Waals surface area contributed by atoms with Crippen LogP contribution >= 0.6 is 0 Å². The van der Waals surface area contributed by atoms with Crippen molar-refractivity contribution in [2.75, 3.05) is 12.8 Å². The number of hydrogen-bond donors (Lipinski definition) is 1. The highest BCUT2D eigenvalue weighted by Crippen LogP contribution is 2.28. The number of nitrogens with two attached hydrogens (primary N) is 1. The number of nitrogen functional groups attached to an aromatic ring is 1. The number of anilines is 1. The molecule has 0 saturated heterocycles. The van der Waals surface area contributed by atoms with E-state index >= 15 is 0 Å². The van der Waals surface area contributed by atoms with Crippen molar-refractivity contribution in [3.8, 4) is 29.0 Å². The fraction of sp³-hybridized carbons (Fsp3) is 0.0500. The van der Waals surface area contributed by atoms with E-state index in [1.165, 1.54) is 17.9 Å². The number of ether oxygens (including phenoxy) is 1. The average molecular weight is 342 g/mol. The van der Waals surface area contributed by atoms with Crippen molar-refractivity contribution in [3.63, 3.8) is 0 Å². The molecule has 0 bridgehead atoms. The Morgan fingerprint density at radius 1 is 1.08 bits per heavy atom. The summed E-state index contributed by atoms with van der Waals surface area (Å²) in [5.74, 6) is -0.624. The van der Waals surface area contributed by atoms with E-state index in [0.29, 0.717) is 11.3 Å². The lowest BCUT2D eigenvalue weighted by molar-refractivity contribution is 0.0593. The summed E-state index contributed by atoms with van der Waals surface area (Å²) < 4.78 is 6.34. The molecule has 0 saturated carbocycles. The highest BCUT2D eigenvalue weighted by atomic mass is 16.5. The lowest BCUT2D eigenvalue weighted by Gasteiger charge is -2.10. The van der Waals surface area contributed by atoms with Gasteiger partial charge in [0, 0.05) is 11.9 Å². The van der Waals surface area contributed by atoms with Crippen LogP contribution in [0.25, 0.3) is 16.8 Å². The van der Waals surface area contributed by atoms with Gasteiger partial charge >= 0.3 is 5.97 Å². The Morgan fingerprint density at radius 3 is 2.42 bits per heavy atom. The number of esters is 1. The third-order valence-electron chi connectivity index (χ3n) is 3.99. The SMILES string of the molecule is COC(=O)c1c(N)c(C#N)cn1-c1cccc(-c2cccc(C#N)c2)c1. The molecule has 3 rings (SSSR count). The van der Waals surface area contributed by atoms with E-state index in [4.69, 9.17) is 15.7 Å². The van der Waals surface area contributed by atoms with Gasteiger partial charge in [-0.25, -0.2) is 4.79 Å². The first kappa shape index (κ1) is 16.8. The van der Waals surface area contributed by atoms with Crippen LogP contribution in [0.5, 0.6) is 0 Å². The zero-order valence-corrected chi connectivity index (χ0v) is 13.9. The summed E-state index contributed by atoms with van der Waals surface area (Å²) in [5, 5.41) is 18.3. The molecule has 0 spiro atoms. The van der Waals surface area contributed by atoms with Crippen molar-refractivity contribution in [1.29, 1.82) is 10.5 Å². The van der Waals surface area contributed by atoms with Crippen LogP contribution in [-0.4, -0.2) is 17.6 Å². The molecule has 2 aromatic carbocycles. The monoisotopic (exact) mass is 342 g/mol. The fourth-order valence-corrected chi connectivity index (χ4v) is 2.72. The third kappa shape index (κ3) is 2.88. The second kappa shape index (κ2) is 6.84. The molecule has 0 aliphatic carbocycles. The molecule has 2 N–H and O–H groups in total. The molecule has 1 heterocycles. The van der Waals surface area contributed by atoms with Crippen LogP contribution < -0.4 is 5.73 Å². The molecule has 126 valence electrons. The molecule has 26 heavy (non-hydrogen) atoms. The van der Waals surface area contributed by atoms with Gasteiger partial charge < -0.3 is 15.0 Å². The van der Waals surface area contributed by atoms with E-state index in [-0.39, 0.29) is 16.9 Å². The summed E-state index contributed by atoms with van der Waals surface area (Å²) in [4.78, 5) is 12.1. The van der Waals surface area contributed by atoms with Gasteiger partial charge in [-0.2, -0.15) is 10.5 Å². The molecule has 6 nitrogen and oxygen atoms in total. The Balaban J connectivity index is 2.16. The number of nitriles is 2. The number of aromatic nitrogens is 1. The number of rotatable bonds is 3. The summed E-state index contributed by atoms with van der Waals surface area (Å²) in [6.45, 7) is 0. The van der Waals surface area contributed by atoms with Crippen LogP contribution in [0.3, 0.4) is 0 Å². The quantitative estimate of drug-likeness (QED) is 0.736. The van der Waals surface area contributed by atoms with Crippen LogP contribution in [0.2, 0.25) is 0 Å². The van der Waals surface area contributed by atoms with Gasteiger partial charge in [0.1, 0.15) is 6.07 Å². The Bertz CT molecular complexity index is 1080. The predicted molar refractivity (Wildman–Crippen MR) is 96.4 cm³/mol. The van der Waals surface area contributed by atoms with Crippen molar-refractivity contribution >= 4 is 11.7 Å². The second-order valence-electron chi connectivity index (χ2n) is 5.52. The first-order chi connectivity index (χ1) is 12.6. The average Bonchev–Trinajstić information content (AvgIpc) is 3.04. The summed E-state index contributed by atoms with van der Waals surface area (Å²) in [6.07, 6.45) is 1.51. The smallest absolute Gasteiger partial charge is 0.357 e. The maximum Gasteiger partial charge on any atom is 0.357 e. The lowest BCUT2D eigenvalue weighted by atomic mass is 10.0. The van der Waals surface area contributed by atoms with E-state index in [9.17, 15) is 10.1 Å². The van der Waals surface area contributed by atoms with Gasteiger partial charge in [0.05, 0.1) is 30.0 Å². The molecule has 0 aliphatic heterocycles. The molecule has 0 fully saturated rings. The van der Waals surface area contributed by atoms with Gasteiger partial charge in [-0.05, 0) is 35.4 Å². The van der Waals surface area contributed by atoms with Gasteiger partial charge in [-0.1, -0.05) is 24.3 Å². The summed E-state index contributed by atoms with van der Waals surface area (Å²) >= 11 is 0. The van der Waals surface area contributed by atoms with Crippen LogP contribution in [0.4, 0.5) is 5.69 Å². The minimum atomic E-state index is -0.624. The maximum atomic E-state index is 12.1. The molecule has 0 atom stereocenters. The van der Waals surface area contributed by atoms with E-state index in [1.54, 1.807) is 18.2 Å². The van der Waals surface area contributed by atoms with Gasteiger partial charge in [0.25, 0.3) is 0 Å². The number of hydrogen-bond acceptors (Lipinski definition) is 5. The van der Waals surface area contributed by atoms with E-state index in [2.05, 4.69) is 6.07 Å². The molecule has 3 aromatic rings. The van der Waals surface area contributed by atoms with Crippen LogP contribution in [-0.2, 0) is 4.74 Å². The number of benzene rings is 2. The highest BCUT2D eigenvalue weighted by molar-refractivity contribution is 5.96. The zero-order valence-electron chi connectivity index (χ0n) is 13.9. The molecule has 6 heteroatoms. The summed E-state index contributed by atoms with van der Waals surface area (Å²) in [7, 11) is 1.26. The Hall–Kier alpha value is -4.03. The van der Waals surface area contributed by atoms with E-state index in [0.717, 1.165) is 11.1 Å². The van der Waals surface area contributed by atoms with Crippen LogP contribution in [0.1, 0.15) is 21.6 Å². The van der Waals surface area contributed by atoms with Gasteiger partial charge in [0.2, 0.25) is 0 Å². The maximum absolute atomic E-state index is 12.1. The topological polar surface area (TPSA) is 105 Å². The molecule has 0 unspecified atom stereocenters. The van der Waals surface area contributed by atoms with Crippen molar-refractivity contribution in [3.05, 3.63) is 71.5 Å². The van der Waals surface area contributed by atoms with Crippen molar-refractivity contribution in [1.82, 2.24) is 4.57 Å². The van der Waals surface area contributed by atoms with E-state index < -0.39 is 5.97 Å². The Labute approximate surface area is 150 Å². The zero-order chi connectivity index (χ0) is 18.7. The molecular weight excluding hydrogens is 328 g/mol. The number of carbonyl (C=O) groups excluding carboxylic acids is 1. The number of methoxy groups -OCH3 is 1. The Kier molecular flexibility index (Phi) is 4.42. The second-order valence-corrected chi connectivity index (χ2v) is 5.52. The standard InChI is InChI=1S/C20H14N4O2/c1-26-20(25)19-18(23)16(11-22)12-24(19)17-7-3-6-15(9-17)14-5-2-4-13(8-14)10-21/h2-9,12H,23H2,1H3. The van der Waals surface area contributed by atoms with E-state index in [1.807, 2.05) is 36.4 Å². The predicted octanol–water partition coefficient (Wildman–Crippen LogP) is 3.26. The normalized spacial score (nSPS) is 9.96. The fourth-order valence-electron chi connectivity index (χ4n) is 2.72. The van der Waals surface area contributed by atoms with Crippen LogP contribution in [0.15, 0.2) is 54.7 Å². The first-order valence-corrected chi connectivity index (χ1v) is 7.69. The molecular formula is C20H14N4O2. The number of carbonyl (C=O) groups is 1. The molecule has 0 radical (unpaired) electrons. The summed E-state index contributed by atoms with van der Waals surface area (Å²) in [5.41, 5.74) is 9.25. The molecule has 0 amide bonds. The van der Waals surface area contributed by atoms with Gasteiger partial charge in [-0.15, -0.1) is 0 Å². The minimum absolute atomic E-state index is 0.0798. The lowest BCUT2D eigenvalue weighted by Crippen LogP contribution is -2.11. The van der Waals surface area contributed by atoms with Crippen molar-refractivity contribution in [2.24, 2.45) is 0 Å². The largest absolute Gasteiger partial charge is 0.464 e. The van der Waals surface area contributed by atoms with Crippen molar-refractivity contribution < 1.29 is 9.53 Å². The minimum Gasteiger partial charge on any atom is -0.464 e. The van der Waals surface area contributed by atoms with Gasteiger partial charge in [0.15, 0.2) is 5.69 Å². The van der Waals surface area contributed by atoms with Crippen LogP contribution in [0, 0.1) is 22.7 Å². The van der Waals surface area contributed by atoms with Crippen molar-refractivity contribution in [2.45, 2.75) is 0 Å². The number of nitrogens with zero attached hydrogens (tertiary/aromatic N) is 3. The third-order valence-corrected chi connectivity index (χ3v) is 3.99. The van der Waals surface area contributed by atoms with Gasteiger partial charge in [-0.3, -0.25) is 0 Å². The first-order valence-electron chi connectivity index (χ1n) is 7.69. The highest BCUT2D eigenvalue weighted by Gasteiger charge is 2.21. The molecule has 1 aromatic heterocycles.